The number of H-pyrrole nitrogens is 1. The van der Waals surface area contributed by atoms with E-state index in [0.717, 1.165) is 40.6 Å². The third kappa shape index (κ3) is 2.89. The van der Waals surface area contributed by atoms with Crippen molar-refractivity contribution in [3.63, 3.8) is 0 Å². The number of pyridine rings is 1. The van der Waals surface area contributed by atoms with Gasteiger partial charge >= 0.3 is 0 Å². The van der Waals surface area contributed by atoms with Gasteiger partial charge in [0.25, 0.3) is 0 Å². The van der Waals surface area contributed by atoms with E-state index in [1.807, 2.05) is 42.0 Å². The second-order valence-corrected chi connectivity index (χ2v) is 8.18. The molecule has 9 heteroatoms. The van der Waals surface area contributed by atoms with Crippen LogP contribution in [0.3, 0.4) is 0 Å². The van der Waals surface area contributed by atoms with E-state index in [0.29, 0.717) is 5.95 Å². The van der Waals surface area contributed by atoms with Gasteiger partial charge in [0.05, 0.1) is 5.41 Å². The Morgan fingerprint density at radius 2 is 2.17 bits per heavy atom. The molecule has 4 aromatic heterocycles. The van der Waals surface area contributed by atoms with Gasteiger partial charge in [-0.05, 0) is 25.0 Å². The maximum Gasteiger partial charge on any atom is 0.228 e. The molecule has 1 amide bonds. The summed E-state index contributed by atoms with van der Waals surface area (Å²) < 4.78 is 1.88. The Hall–Kier alpha value is -3.49. The second kappa shape index (κ2) is 6.26. The molecular formula is C20H22N8O. The van der Waals surface area contributed by atoms with E-state index in [1.54, 1.807) is 25.3 Å². The van der Waals surface area contributed by atoms with Crippen molar-refractivity contribution in [1.82, 2.24) is 34.4 Å². The van der Waals surface area contributed by atoms with E-state index < -0.39 is 0 Å². The fourth-order valence-corrected chi connectivity index (χ4v) is 4.23. The van der Waals surface area contributed by atoms with Gasteiger partial charge in [-0.25, -0.2) is 4.98 Å². The van der Waals surface area contributed by atoms with E-state index in [2.05, 4.69) is 30.5 Å². The summed E-state index contributed by atoms with van der Waals surface area (Å²) in [5, 5.41) is 12.3. The van der Waals surface area contributed by atoms with E-state index in [-0.39, 0.29) is 17.4 Å². The number of aromatic amines is 1. The zero-order chi connectivity index (χ0) is 20.2. The smallest absolute Gasteiger partial charge is 0.228 e. The minimum absolute atomic E-state index is 0.172. The summed E-state index contributed by atoms with van der Waals surface area (Å²) in [6, 6.07) is 4.14. The van der Waals surface area contributed by atoms with Gasteiger partial charge in [-0.3, -0.25) is 9.20 Å². The predicted molar refractivity (Wildman–Crippen MR) is 109 cm³/mol. The van der Waals surface area contributed by atoms with Gasteiger partial charge in [0.1, 0.15) is 12.0 Å². The predicted octanol–water partition coefficient (Wildman–Crippen LogP) is 2.34. The highest BCUT2D eigenvalue weighted by molar-refractivity contribution is 5.93. The molecule has 0 unspecified atom stereocenters. The average molecular weight is 390 g/mol. The Morgan fingerprint density at radius 1 is 1.34 bits per heavy atom. The quantitative estimate of drug-likeness (QED) is 0.554. The molecule has 0 spiro atoms. The van der Waals surface area contributed by atoms with Gasteiger partial charge in [-0.1, -0.05) is 6.92 Å². The Labute approximate surface area is 167 Å². The molecule has 148 valence electrons. The number of nitrogens with one attached hydrogen (secondary N) is 2. The van der Waals surface area contributed by atoms with Crippen molar-refractivity contribution in [1.29, 1.82) is 0 Å². The highest BCUT2D eigenvalue weighted by atomic mass is 16.2. The van der Waals surface area contributed by atoms with Crippen LogP contribution in [0.2, 0.25) is 0 Å². The summed E-state index contributed by atoms with van der Waals surface area (Å²) in [6.07, 6.45) is 8.99. The van der Waals surface area contributed by atoms with Gasteiger partial charge < -0.3 is 15.2 Å². The molecule has 4 heterocycles. The van der Waals surface area contributed by atoms with E-state index >= 15 is 0 Å². The molecule has 1 saturated carbocycles. The lowest BCUT2D eigenvalue weighted by Crippen LogP contribution is -2.52. The van der Waals surface area contributed by atoms with Crippen LogP contribution in [0, 0.1) is 5.41 Å². The normalized spacial score (nSPS) is 21.3. The van der Waals surface area contributed by atoms with Gasteiger partial charge in [-0.15, -0.1) is 10.2 Å². The van der Waals surface area contributed by atoms with Crippen LogP contribution >= 0.6 is 0 Å². The summed E-state index contributed by atoms with van der Waals surface area (Å²) >= 11 is 0. The topological polar surface area (TPSA) is 104 Å². The van der Waals surface area contributed by atoms with Crippen LogP contribution in [0.1, 0.15) is 19.8 Å². The van der Waals surface area contributed by atoms with E-state index in [9.17, 15) is 4.79 Å². The zero-order valence-corrected chi connectivity index (χ0v) is 16.5. The third-order valence-electron chi connectivity index (χ3n) is 5.68. The number of anilines is 1. The summed E-state index contributed by atoms with van der Waals surface area (Å²) in [6.45, 7) is 2.02. The van der Waals surface area contributed by atoms with Gasteiger partial charge in [-0.2, -0.15) is 4.98 Å². The van der Waals surface area contributed by atoms with Crippen LogP contribution in [0.15, 0.2) is 37.1 Å². The Kier molecular flexibility index (Phi) is 3.80. The molecule has 1 aliphatic carbocycles. The Balaban J connectivity index is 1.35. The Morgan fingerprint density at radius 3 is 2.97 bits per heavy atom. The number of hydrogen-bond donors (Lipinski definition) is 2. The zero-order valence-electron chi connectivity index (χ0n) is 16.5. The van der Waals surface area contributed by atoms with Gasteiger partial charge in [0.15, 0.2) is 5.65 Å². The van der Waals surface area contributed by atoms with Gasteiger partial charge in [0.2, 0.25) is 11.9 Å². The number of carbonyl (C=O) groups is 1. The van der Waals surface area contributed by atoms with Crippen molar-refractivity contribution in [3.05, 3.63) is 37.1 Å². The summed E-state index contributed by atoms with van der Waals surface area (Å²) in [4.78, 5) is 26.3. The average Bonchev–Trinajstić information content (AvgIpc) is 3.31. The lowest BCUT2D eigenvalue weighted by Gasteiger charge is -2.45. The Bertz CT molecular complexity index is 1220. The fourth-order valence-electron chi connectivity index (χ4n) is 4.23. The first-order valence-corrected chi connectivity index (χ1v) is 9.55. The monoisotopic (exact) mass is 390 g/mol. The van der Waals surface area contributed by atoms with Crippen LogP contribution in [-0.2, 0) is 4.79 Å². The molecule has 5 rings (SSSR count). The molecule has 1 aliphatic rings. The molecule has 0 bridgehead atoms. The molecule has 0 aliphatic heterocycles. The number of rotatable bonds is 4. The van der Waals surface area contributed by atoms with Crippen molar-refractivity contribution in [2.45, 2.75) is 25.8 Å². The first-order chi connectivity index (χ1) is 13.9. The number of hydrogen-bond acceptors (Lipinski definition) is 6. The molecule has 0 atom stereocenters. The number of amides is 1. The van der Waals surface area contributed by atoms with Crippen molar-refractivity contribution < 1.29 is 4.79 Å². The SMILES string of the molecule is CN(C)C(=O)[C@]1(C)C[C@@H](Nc2ncc3c(-c4ccc5nncn5c4)c[nH]c3n2)C1. The van der Waals surface area contributed by atoms with Crippen LogP contribution in [0.5, 0.6) is 0 Å². The lowest BCUT2D eigenvalue weighted by atomic mass is 9.66. The van der Waals surface area contributed by atoms with Crippen LogP contribution in [0.25, 0.3) is 27.8 Å². The molecular weight excluding hydrogens is 368 g/mol. The standard InChI is InChI=1S/C20H22N8O/c1-20(18(29)27(2)3)6-13(7-20)24-19-22-9-15-14(8-21-17(15)25-19)12-4-5-16-26-23-11-28(16)10-12/h4-5,8-11,13H,6-7H2,1-3H3,(H2,21,22,24,25)/t13-,20-. The van der Waals surface area contributed by atoms with Crippen molar-refractivity contribution in [3.8, 4) is 11.1 Å². The summed E-state index contributed by atoms with van der Waals surface area (Å²) in [5.74, 6) is 0.746. The highest BCUT2D eigenvalue weighted by Crippen LogP contribution is 2.43. The highest BCUT2D eigenvalue weighted by Gasteiger charge is 2.47. The minimum atomic E-state index is -0.300. The van der Waals surface area contributed by atoms with Crippen molar-refractivity contribution in [2.24, 2.45) is 5.41 Å². The van der Waals surface area contributed by atoms with Crippen molar-refractivity contribution >= 4 is 28.5 Å². The summed E-state index contributed by atoms with van der Waals surface area (Å²) in [5.41, 5.74) is 3.33. The number of carbonyl (C=O) groups excluding carboxylic acids is 1. The van der Waals surface area contributed by atoms with E-state index in [4.69, 9.17) is 0 Å². The molecule has 0 radical (unpaired) electrons. The summed E-state index contributed by atoms with van der Waals surface area (Å²) in [7, 11) is 3.60. The fraction of sp³-hybridized carbons (Fsp3) is 0.350. The third-order valence-corrected chi connectivity index (χ3v) is 5.68. The maximum absolute atomic E-state index is 12.3. The van der Waals surface area contributed by atoms with E-state index in [1.165, 1.54) is 0 Å². The number of fused-ring (bicyclic) bond motifs is 2. The molecule has 2 N–H and O–H groups in total. The number of aromatic nitrogens is 6. The molecule has 0 aromatic carbocycles. The largest absolute Gasteiger partial charge is 0.351 e. The number of nitrogens with zero attached hydrogens (tertiary/aromatic N) is 6. The first kappa shape index (κ1) is 17.6. The molecule has 4 aromatic rings. The molecule has 9 nitrogen and oxygen atoms in total. The maximum atomic E-state index is 12.3. The molecule has 1 fully saturated rings. The second-order valence-electron chi connectivity index (χ2n) is 8.18. The van der Waals surface area contributed by atoms with Gasteiger partial charge in [0, 0.05) is 55.2 Å². The van der Waals surface area contributed by atoms with Crippen LogP contribution < -0.4 is 5.32 Å². The minimum Gasteiger partial charge on any atom is -0.351 e. The molecule has 29 heavy (non-hydrogen) atoms. The van der Waals surface area contributed by atoms with Crippen molar-refractivity contribution in [2.75, 3.05) is 19.4 Å². The molecule has 0 saturated heterocycles. The van der Waals surface area contributed by atoms with Crippen LogP contribution in [0.4, 0.5) is 5.95 Å². The lowest BCUT2D eigenvalue weighted by molar-refractivity contribution is -0.143. The van der Waals surface area contributed by atoms with Crippen LogP contribution in [-0.4, -0.2) is 60.5 Å². The first-order valence-electron chi connectivity index (χ1n) is 9.55.